The van der Waals surface area contributed by atoms with Gasteiger partial charge in [-0.3, -0.25) is 4.79 Å². The molecule has 1 rings (SSSR count). The average molecular weight is 156 g/mol. The molecule has 0 saturated carbocycles. The fourth-order valence-electron chi connectivity index (χ4n) is 1.59. The highest BCUT2D eigenvalue weighted by molar-refractivity contribution is 5.79. The van der Waals surface area contributed by atoms with Crippen molar-refractivity contribution in [1.29, 1.82) is 0 Å². The second kappa shape index (κ2) is 3.72. The van der Waals surface area contributed by atoms with Crippen molar-refractivity contribution in [3.8, 4) is 0 Å². The third kappa shape index (κ3) is 1.93. The van der Waals surface area contributed by atoms with E-state index in [1.807, 2.05) is 0 Å². The molecule has 0 unspecified atom stereocenters. The second-order valence-electron chi connectivity index (χ2n) is 3.11. The Bertz CT molecular complexity index is 147. The first kappa shape index (κ1) is 8.53. The number of piperidine rings is 1. The monoisotopic (exact) mass is 156 g/mol. The minimum absolute atomic E-state index is 0.171. The van der Waals surface area contributed by atoms with Gasteiger partial charge in [0.1, 0.15) is 0 Å². The van der Waals surface area contributed by atoms with E-state index in [0.717, 1.165) is 19.4 Å². The third-order valence-corrected chi connectivity index (χ3v) is 2.34. The van der Waals surface area contributed by atoms with Crippen LogP contribution >= 0.6 is 0 Å². The predicted octanol–water partition coefficient (Wildman–Crippen LogP) is 0.120. The molecule has 3 nitrogen and oxygen atoms in total. The molecule has 3 heteroatoms. The summed E-state index contributed by atoms with van der Waals surface area (Å²) in [6, 6.07) is 0.337. The first-order valence-electron chi connectivity index (χ1n) is 4.20. The minimum Gasteiger partial charge on any atom is -0.359 e. The van der Waals surface area contributed by atoms with E-state index in [9.17, 15) is 4.79 Å². The van der Waals surface area contributed by atoms with Gasteiger partial charge in [-0.2, -0.15) is 0 Å². The second-order valence-corrected chi connectivity index (χ2v) is 3.11. The average Bonchev–Trinajstić information content (AvgIpc) is 2.04. The van der Waals surface area contributed by atoms with E-state index < -0.39 is 0 Å². The van der Waals surface area contributed by atoms with Crippen molar-refractivity contribution < 1.29 is 4.79 Å². The largest absolute Gasteiger partial charge is 0.359 e. The van der Waals surface area contributed by atoms with E-state index in [-0.39, 0.29) is 11.8 Å². The lowest BCUT2D eigenvalue weighted by Gasteiger charge is -2.28. The van der Waals surface area contributed by atoms with Gasteiger partial charge in [0.15, 0.2) is 0 Å². The Morgan fingerprint density at radius 2 is 2.36 bits per heavy atom. The molecule has 1 amide bonds. The molecular weight excluding hydrogens is 140 g/mol. The highest BCUT2D eigenvalue weighted by atomic mass is 16.1. The zero-order valence-electron chi connectivity index (χ0n) is 7.18. The maximum absolute atomic E-state index is 11.2. The highest BCUT2D eigenvalue weighted by Gasteiger charge is 2.26. The number of rotatable bonds is 1. The maximum Gasteiger partial charge on any atom is 0.224 e. The van der Waals surface area contributed by atoms with E-state index in [1.54, 1.807) is 7.05 Å². The van der Waals surface area contributed by atoms with Crippen LogP contribution in [0.4, 0.5) is 0 Å². The first-order valence-corrected chi connectivity index (χ1v) is 4.20. The van der Waals surface area contributed by atoms with Crippen molar-refractivity contribution in [3.05, 3.63) is 0 Å². The van der Waals surface area contributed by atoms with Gasteiger partial charge in [-0.25, -0.2) is 0 Å². The van der Waals surface area contributed by atoms with Crippen LogP contribution in [0.5, 0.6) is 0 Å². The standard InChI is InChI=1S/C8H16N2O/c1-6-7(8(11)9-2)4-3-5-10-6/h6-7,10H,3-5H2,1-2H3,(H,9,11)/t6-,7-/m1/s1. The maximum atomic E-state index is 11.2. The number of hydrogen-bond donors (Lipinski definition) is 2. The number of carbonyl (C=O) groups is 1. The van der Waals surface area contributed by atoms with Crippen LogP contribution in [0.15, 0.2) is 0 Å². The lowest BCUT2D eigenvalue weighted by molar-refractivity contribution is -0.126. The fraction of sp³-hybridized carbons (Fsp3) is 0.875. The van der Waals surface area contributed by atoms with Crippen molar-refractivity contribution in [1.82, 2.24) is 10.6 Å². The summed E-state index contributed by atoms with van der Waals surface area (Å²) in [6.45, 7) is 3.12. The molecule has 0 aromatic carbocycles. The number of hydrogen-bond acceptors (Lipinski definition) is 2. The Morgan fingerprint density at radius 3 is 2.91 bits per heavy atom. The van der Waals surface area contributed by atoms with E-state index in [0.29, 0.717) is 6.04 Å². The van der Waals surface area contributed by atoms with Crippen LogP contribution in [0.3, 0.4) is 0 Å². The predicted molar refractivity (Wildman–Crippen MR) is 44.3 cm³/mol. The molecule has 0 aliphatic carbocycles. The normalized spacial score (nSPS) is 31.5. The topological polar surface area (TPSA) is 41.1 Å². The molecule has 0 aromatic rings. The molecule has 0 spiro atoms. The lowest BCUT2D eigenvalue weighted by atomic mass is 9.91. The van der Waals surface area contributed by atoms with Gasteiger partial charge in [-0.15, -0.1) is 0 Å². The Labute approximate surface area is 67.5 Å². The summed E-state index contributed by atoms with van der Waals surface area (Å²) in [7, 11) is 1.70. The SMILES string of the molecule is CNC(=O)[C@@H]1CCCN[C@@H]1C. The quantitative estimate of drug-likeness (QED) is 0.566. The third-order valence-electron chi connectivity index (χ3n) is 2.34. The molecule has 2 atom stereocenters. The Balaban J connectivity index is 2.47. The van der Waals surface area contributed by atoms with Crippen molar-refractivity contribution in [2.24, 2.45) is 5.92 Å². The van der Waals surface area contributed by atoms with Crippen LogP contribution in [0.25, 0.3) is 0 Å². The summed E-state index contributed by atoms with van der Waals surface area (Å²) in [4.78, 5) is 11.2. The van der Waals surface area contributed by atoms with E-state index in [2.05, 4.69) is 17.6 Å². The molecule has 0 bridgehead atoms. The van der Waals surface area contributed by atoms with Crippen LogP contribution in [-0.2, 0) is 4.79 Å². The van der Waals surface area contributed by atoms with Crippen LogP contribution in [0.1, 0.15) is 19.8 Å². The first-order chi connectivity index (χ1) is 5.25. The van der Waals surface area contributed by atoms with Gasteiger partial charge in [0, 0.05) is 13.1 Å². The van der Waals surface area contributed by atoms with Crippen LogP contribution in [0, 0.1) is 5.92 Å². The smallest absolute Gasteiger partial charge is 0.224 e. The zero-order valence-corrected chi connectivity index (χ0v) is 7.18. The van der Waals surface area contributed by atoms with Crippen molar-refractivity contribution in [2.75, 3.05) is 13.6 Å². The van der Waals surface area contributed by atoms with Gasteiger partial charge in [0.2, 0.25) is 5.91 Å². The number of amides is 1. The van der Waals surface area contributed by atoms with Gasteiger partial charge in [-0.05, 0) is 26.3 Å². The summed E-state index contributed by atoms with van der Waals surface area (Å²) in [5, 5.41) is 5.97. The molecule has 0 aromatic heterocycles. The summed E-state index contributed by atoms with van der Waals surface area (Å²) in [5.74, 6) is 0.346. The summed E-state index contributed by atoms with van der Waals surface area (Å²) in [6.07, 6.45) is 2.14. The van der Waals surface area contributed by atoms with Crippen LogP contribution < -0.4 is 10.6 Å². The molecule has 1 heterocycles. The molecule has 1 saturated heterocycles. The number of nitrogens with one attached hydrogen (secondary N) is 2. The van der Waals surface area contributed by atoms with E-state index in [4.69, 9.17) is 0 Å². The Morgan fingerprint density at radius 1 is 1.64 bits per heavy atom. The molecule has 1 aliphatic rings. The Kier molecular flexibility index (Phi) is 2.88. The van der Waals surface area contributed by atoms with Gasteiger partial charge in [0.05, 0.1) is 5.92 Å². The van der Waals surface area contributed by atoms with Gasteiger partial charge in [0.25, 0.3) is 0 Å². The summed E-state index contributed by atoms with van der Waals surface area (Å²) >= 11 is 0. The molecule has 11 heavy (non-hydrogen) atoms. The molecule has 64 valence electrons. The van der Waals surface area contributed by atoms with E-state index >= 15 is 0 Å². The summed E-state index contributed by atoms with van der Waals surface area (Å²) in [5.41, 5.74) is 0. The molecule has 2 N–H and O–H groups in total. The van der Waals surface area contributed by atoms with Gasteiger partial charge >= 0.3 is 0 Å². The molecular formula is C8H16N2O. The van der Waals surface area contributed by atoms with Crippen molar-refractivity contribution in [3.63, 3.8) is 0 Å². The van der Waals surface area contributed by atoms with Crippen molar-refractivity contribution >= 4 is 5.91 Å². The molecule has 0 radical (unpaired) electrons. The van der Waals surface area contributed by atoms with Gasteiger partial charge < -0.3 is 10.6 Å². The minimum atomic E-state index is 0.171. The fourth-order valence-corrected chi connectivity index (χ4v) is 1.59. The Hall–Kier alpha value is -0.570. The summed E-state index contributed by atoms with van der Waals surface area (Å²) < 4.78 is 0. The lowest BCUT2D eigenvalue weighted by Crippen LogP contribution is -2.45. The number of carbonyl (C=O) groups excluding carboxylic acids is 1. The molecule has 1 fully saturated rings. The van der Waals surface area contributed by atoms with Crippen LogP contribution in [0.2, 0.25) is 0 Å². The van der Waals surface area contributed by atoms with E-state index in [1.165, 1.54) is 0 Å². The van der Waals surface area contributed by atoms with Crippen molar-refractivity contribution in [2.45, 2.75) is 25.8 Å². The highest BCUT2D eigenvalue weighted by Crippen LogP contribution is 2.15. The molecule has 1 aliphatic heterocycles. The zero-order chi connectivity index (χ0) is 8.27. The van der Waals surface area contributed by atoms with Gasteiger partial charge in [-0.1, -0.05) is 0 Å². The van der Waals surface area contributed by atoms with Crippen LogP contribution in [-0.4, -0.2) is 25.5 Å².